The number of carbonyl (C=O) groups is 1. The van der Waals surface area contributed by atoms with E-state index >= 15 is 0 Å². The molecule has 0 radical (unpaired) electrons. The Morgan fingerprint density at radius 2 is 2.29 bits per heavy atom. The van der Waals surface area contributed by atoms with Crippen LogP contribution in [0, 0.1) is 17.1 Å². The molecule has 5 heteroatoms. The summed E-state index contributed by atoms with van der Waals surface area (Å²) in [5, 5.41) is 8.96. The van der Waals surface area contributed by atoms with Gasteiger partial charge in [-0.1, -0.05) is 15.9 Å². The first kappa shape index (κ1) is 12.1. The number of piperidine rings is 1. The van der Waals surface area contributed by atoms with Gasteiger partial charge in [0, 0.05) is 6.54 Å². The van der Waals surface area contributed by atoms with E-state index in [0.29, 0.717) is 12.2 Å². The summed E-state index contributed by atoms with van der Waals surface area (Å²) < 4.78 is 13.0. The van der Waals surface area contributed by atoms with Gasteiger partial charge in [-0.2, -0.15) is 5.26 Å². The number of alkyl halides is 1. The SMILES string of the molecule is N#Cc1cc(F)ccc1N1CCCC(Br)C1=O. The lowest BCUT2D eigenvalue weighted by Gasteiger charge is -2.30. The van der Waals surface area contributed by atoms with E-state index in [1.54, 1.807) is 4.90 Å². The maximum Gasteiger partial charge on any atom is 0.240 e. The van der Waals surface area contributed by atoms with E-state index in [1.165, 1.54) is 12.1 Å². The molecule has 88 valence electrons. The number of halogens is 2. The Morgan fingerprint density at radius 3 is 3.00 bits per heavy atom. The van der Waals surface area contributed by atoms with Crippen molar-refractivity contribution in [2.45, 2.75) is 17.7 Å². The second-order valence-corrected chi connectivity index (χ2v) is 4.98. The van der Waals surface area contributed by atoms with Crippen LogP contribution in [0.15, 0.2) is 18.2 Å². The van der Waals surface area contributed by atoms with Gasteiger partial charge < -0.3 is 4.90 Å². The number of rotatable bonds is 1. The molecule has 0 aromatic heterocycles. The molecule has 2 rings (SSSR count). The van der Waals surface area contributed by atoms with Crippen molar-refractivity contribution in [2.24, 2.45) is 0 Å². The molecule has 0 spiro atoms. The second-order valence-electron chi connectivity index (χ2n) is 3.87. The summed E-state index contributed by atoms with van der Waals surface area (Å²) in [5.74, 6) is -0.537. The highest BCUT2D eigenvalue weighted by Gasteiger charge is 2.28. The van der Waals surface area contributed by atoms with Gasteiger partial charge in [0.1, 0.15) is 11.9 Å². The third kappa shape index (κ3) is 2.32. The van der Waals surface area contributed by atoms with Gasteiger partial charge in [0.2, 0.25) is 5.91 Å². The number of nitriles is 1. The Bertz CT molecular complexity index is 498. The van der Waals surface area contributed by atoms with Crippen molar-refractivity contribution in [3.63, 3.8) is 0 Å². The largest absolute Gasteiger partial charge is 0.310 e. The molecule has 17 heavy (non-hydrogen) atoms. The standard InChI is InChI=1S/C12H10BrFN2O/c13-10-2-1-5-16(12(10)17)11-4-3-9(14)6-8(11)7-15/h3-4,6,10H,1-2,5H2. The zero-order valence-corrected chi connectivity index (χ0v) is 10.6. The van der Waals surface area contributed by atoms with Gasteiger partial charge in [-0.25, -0.2) is 4.39 Å². The quantitative estimate of drug-likeness (QED) is 0.748. The number of carbonyl (C=O) groups excluding carboxylic acids is 1. The van der Waals surface area contributed by atoms with Gasteiger partial charge in [0.25, 0.3) is 0 Å². The molecule has 0 bridgehead atoms. The Labute approximate surface area is 107 Å². The molecular weight excluding hydrogens is 287 g/mol. The topological polar surface area (TPSA) is 44.1 Å². The van der Waals surface area contributed by atoms with Crippen molar-refractivity contribution < 1.29 is 9.18 Å². The van der Waals surface area contributed by atoms with Crippen LogP contribution in [0.4, 0.5) is 10.1 Å². The van der Waals surface area contributed by atoms with Crippen molar-refractivity contribution in [2.75, 3.05) is 11.4 Å². The minimum absolute atomic E-state index is 0.0700. The molecule has 1 aromatic rings. The number of hydrogen-bond donors (Lipinski definition) is 0. The van der Waals surface area contributed by atoms with Crippen molar-refractivity contribution in [1.82, 2.24) is 0 Å². The van der Waals surface area contributed by atoms with Crippen LogP contribution in [0.25, 0.3) is 0 Å². The monoisotopic (exact) mass is 296 g/mol. The van der Waals surface area contributed by atoms with Crippen molar-refractivity contribution in [1.29, 1.82) is 5.26 Å². The smallest absolute Gasteiger partial charge is 0.240 e. The van der Waals surface area contributed by atoms with Crippen LogP contribution in [-0.2, 0) is 4.79 Å². The predicted octanol–water partition coefficient (Wildman–Crippen LogP) is 2.59. The molecule has 1 aromatic carbocycles. The lowest BCUT2D eigenvalue weighted by Crippen LogP contribution is -2.42. The minimum atomic E-state index is -0.467. The number of anilines is 1. The highest BCUT2D eigenvalue weighted by Crippen LogP contribution is 2.27. The van der Waals surface area contributed by atoms with Crippen LogP contribution < -0.4 is 4.90 Å². The lowest BCUT2D eigenvalue weighted by atomic mass is 10.1. The van der Waals surface area contributed by atoms with Crippen LogP contribution in [-0.4, -0.2) is 17.3 Å². The van der Waals surface area contributed by atoms with Gasteiger partial charge in [-0.05, 0) is 31.0 Å². The van der Waals surface area contributed by atoms with Gasteiger partial charge in [0.05, 0.1) is 16.1 Å². The summed E-state index contributed by atoms with van der Waals surface area (Å²) in [6.45, 7) is 0.571. The van der Waals surface area contributed by atoms with E-state index in [-0.39, 0.29) is 16.3 Å². The van der Waals surface area contributed by atoms with Gasteiger partial charge >= 0.3 is 0 Å². The fraction of sp³-hybridized carbons (Fsp3) is 0.333. The predicted molar refractivity (Wildman–Crippen MR) is 65.4 cm³/mol. The van der Waals surface area contributed by atoms with Crippen molar-refractivity contribution in [3.8, 4) is 6.07 Å². The van der Waals surface area contributed by atoms with E-state index in [2.05, 4.69) is 15.9 Å². The first-order valence-corrected chi connectivity index (χ1v) is 6.20. The van der Waals surface area contributed by atoms with Crippen LogP contribution in [0.2, 0.25) is 0 Å². The molecule has 1 unspecified atom stereocenters. The van der Waals surface area contributed by atoms with E-state index in [4.69, 9.17) is 5.26 Å². The van der Waals surface area contributed by atoms with Gasteiger partial charge in [0.15, 0.2) is 0 Å². The first-order chi connectivity index (χ1) is 8.13. The maximum atomic E-state index is 13.0. The van der Waals surface area contributed by atoms with E-state index in [9.17, 15) is 9.18 Å². The zero-order chi connectivity index (χ0) is 12.4. The Morgan fingerprint density at radius 1 is 1.53 bits per heavy atom. The highest BCUT2D eigenvalue weighted by atomic mass is 79.9. The first-order valence-electron chi connectivity index (χ1n) is 5.28. The number of nitrogens with zero attached hydrogens (tertiary/aromatic N) is 2. The molecule has 1 aliphatic heterocycles. The Hall–Kier alpha value is -1.41. The molecular formula is C12H10BrFN2O. The third-order valence-corrected chi connectivity index (χ3v) is 3.59. The number of benzene rings is 1. The lowest BCUT2D eigenvalue weighted by molar-refractivity contribution is -0.118. The molecule has 1 saturated heterocycles. The molecule has 1 aliphatic rings. The highest BCUT2D eigenvalue weighted by molar-refractivity contribution is 9.10. The number of amides is 1. The summed E-state index contributed by atoms with van der Waals surface area (Å²) in [7, 11) is 0. The summed E-state index contributed by atoms with van der Waals surface area (Å²) >= 11 is 3.30. The molecule has 1 fully saturated rings. The molecule has 0 saturated carbocycles. The fourth-order valence-corrected chi connectivity index (χ4v) is 2.47. The van der Waals surface area contributed by atoms with E-state index < -0.39 is 5.82 Å². The Kier molecular flexibility index (Phi) is 3.43. The molecule has 1 atom stereocenters. The maximum absolute atomic E-state index is 13.0. The second kappa shape index (κ2) is 4.84. The average molecular weight is 297 g/mol. The molecule has 1 heterocycles. The van der Waals surface area contributed by atoms with Crippen LogP contribution >= 0.6 is 15.9 Å². The van der Waals surface area contributed by atoms with Gasteiger partial charge in [-0.15, -0.1) is 0 Å². The minimum Gasteiger partial charge on any atom is -0.310 e. The summed E-state index contributed by atoms with van der Waals surface area (Å²) in [4.78, 5) is 13.3. The summed E-state index contributed by atoms with van der Waals surface area (Å²) in [6.07, 6.45) is 1.66. The molecule has 1 amide bonds. The van der Waals surface area contributed by atoms with Gasteiger partial charge in [-0.3, -0.25) is 4.79 Å². The van der Waals surface area contributed by atoms with Crippen molar-refractivity contribution in [3.05, 3.63) is 29.6 Å². The Balaban J connectivity index is 2.40. The normalized spacial score (nSPS) is 20.2. The zero-order valence-electron chi connectivity index (χ0n) is 8.99. The average Bonchev–Trinajstić information content (AvgIpc) is 2.33. The number of hydrogen-bond acceptors (Lipinski definition) is 2. The van der Waals surface area contributed by atoms with Crippen LogP contribution in [0.1, 0.15) is 18.4 Å². The molecule has 0 aliphatic carbocycles. The van der Waals surface area contributed by atoms with E-state index in [0.717, 1.165) is 18.9 Å². The van der Waals surface area contributed by atoms with Crippen LogP contribution in [0.3, 0.4) is 0 Å². The van der Waals surface area contributed by atoms with Crippen LogP contribution in [0.5, 0.6) is 0 Å². The van der Waals surface area contributed by atoms with Crippen molar-refractivity contribution >= 4 is 27.5 Å². The third-order valence-electron chi connectivity index (χ3n) is 2.74. The molecule has 0 N–H and O–H groups in total. The van der Waals surface area contributed by atoms with E-state index in [1.807, 2.05) is 6.07 Å². The fourth-order valence-electron chi connectivity index (χ4n) is 1.90. The summed E-state index contributed by atoms with van der Waals surface area (Å²) in [6, 6.07) is 5.82. The summed E-state index contributed by atoms with van der Waals surface area (Å²) in [5.41, 5.74) is 0.683. The molecule has 3 nitrogen and oxygen atoms in total.